The predicted octanol–water partition coefficient (Wildman–Crippen LogP) is 3.51. The van der Waals surface area contributed by atoms with Gasteiger partial charge in [0.2, 0.25) is 0 Å². The molecule has 144 valence electrons. The third-order valence-electron chi connectivity index (χ3n) is 3.30. The first-order valence-corrected chi connectivity index (χ1v) is 8.63. The van der Waals surface area contributed by atoms with Gasteiger partial charge in [-0.1, -0.05) is 37.0 Å². The fraction of sp³-hybridized carbons (Fsp3) is 0.471. The summed E-state index contributed by atoms with van der Waals surface area (Å²) in [7, 11) is 0. The zero-order chi connectivity index (χ0) is 19.9. The second kappa shape index (κ2) is 10.2. The summed E-state index contributed by atoms with van der Waals surface area (Å²) in [5.74, 6) is -2.85. The Morgan fingerprint density at radius 2 is 1.69 bits per heavy atom. The molecule has 0 saturated carbocycles. The van der Waals surface area contributed by atoms with E-state index in [9.17, 15) is 19.5 Å². The molecule has 0 aliphatic heterocycles. The minimum absolute atomic E-state index is 0.119. The highest BCUT2D eigenvalue weighted by Gasteiger charge is 2.24. The van der Waals surface area contributed by atoms with Gasteiger partial charge in [-0.05, 0) is 30.2 Å². The molecular formula is C17H21Cl2NO6. The van der Waals surface area contributed by atoms with E-state index in [0.717, 1.165) is 0 Å². The van der Waals surface area contributed by atoms with Crippen LogP contribution in [0.25, 0.3) is 0 Å². The van der Waals surface area contributed by atoms with Crippen molar-refractivity contribution in [1.29, 1.82) is 0 Å². The topological polar surface area (TPSA) is 102 Å². The number of nitrogens with one attached hydrogen (secondary N) is 1. The molecule has 9 heteroatoms. The van der Waals surface area contributed by atoms with Gasteiger partial charge in [-0.25, -0.2) is 4.79 Å². The van der Waals surface area contributed by atoms with Gasteiger partial charge in [0.1, 0.15) is 0 Å². The van der Waals surface area contributed by atoms with Crippen LogP contribution in [0.15, 0.2) is 18.2 Å². The highest BCUT2D eigenvalue weighted by atomic mass is 35.5. The molecule has 0 bridgehead atoms. The van der Waals surface area contributed by atoms with E-state index in [1.807, 2.05) is 0 Å². The van der Waals surface area contributed by atoms with E-state index in [0.29, 0.717) is 15.6 Å². The maximum Gasteiger partial charge on any atom is 0.410 e. The van der Waals surface area contributed by atoms with Gasteiger partial charge in [-0.3, -0.25) is 9.59 Å². The van der Waals surface area contributed by atoms with Crippen molar-refractivity contribution >= 4 is 41.2 Å². The van der Waals surface area contributed by atoms with Gasteiger partial charge in [-0.15, -0.1) is 0 Å². The molecule has 0 spiro atoms. The Bertz CT molecular complexity index is 644. The van der Waals surface area contributed by atoms with E-state index < -0.39 is 30.2 Å². The average molecular weight is 406 g/mol. The Hall–Kier alpha value is -1.99. The lowest BCUT2D eigenvalue weighted by Gasteiger charge is -2.21. The zero-order valence-electron chi connectivity index (χ0n) is 14.6. The summed E-state index contributed by atoms with van der Waals surface area (Å²) in [6.45, 7) is 4.45. The van der Waals surface area contributed by atoms with E-state index in [1.54, 1.807) is 32.0 Å². The number of hydrogen-bond acceptors (Lipinski definition) is 5. The molecule has 7 nitrogen and oxygen atoms in total. The number of benzene rings is 1. The average Bonchev–Trinajstić information content (AvgIpc) is 2.48. The van der Waals surface area contributed by atoms with Crippen molar-refractivity contribution in [2.24, 2.45) is 11.8 Å². The number of ether oxygens (including phenoxy) is 2. The molecule has 1 aromatic carbocycles. The molecule has 0 radical (unpaired) electrons. The number of alkyl carbamates (subject to hydrolysis) is 1. The number of carbonyl (C=O) groups excluding carboxylic acids is 2. The summed E-state index contributed by atoms with van der Waals surface area (Å²) < 4.78 is 9.90. The Labute approximate surface area is 161 Å². The van der Waals surface area contributed by atoms with E-state index in [4.69, 9.17) is 32.7 Å². The molecule has 0 aromatic heterocycles. The van der Waals surface area contributed by atoms with Crippen LogP contribution < -0.4 is 5.32 Å². The summed E-state index contributed by atoms with van der Waals surface area (Å²) in [4.78, 5) is 34.3. The van der Waals surface area contributed by atoms with Crippen LogP contribution in [0.3, 0.4) is 0 Å². The second-order valence-corrected chi connectivity index (χ2v) is 6.90. The lowest BCUT2D eigenvalue weighted by molar-refractivity contribution is -0.172. The van der Waals surface area contributed by atoms with Gasteiger partial charge in [0, 0.05) is 29.4 Å². The molecular weight excluding hydrogens is 385 g/mol. The van der Waals surface area contributed by atoms with Crippen LogP contribution in [0.1, 0.15) is 26.3 Å². The van der Waals surface area contributed by atoms with Gasteiger partial charge in [0.05, 0.1) is 5.92 Å². The number of carbonyl (C=O) groups is 3. The molecule has 0 fully saturated rings. The number of esters is 1. The molecule has 0 aliphatic rings. The maximum absolute atomic E-state index is 11.9. The predicted molar refractivity (Wildman–Crippen MR) is 96.2 cm³/mol. The van der Waals surface area contributed by atoms with E-state index >= 15 is 0 Å². The van der Waals surface area contributed by atoms with Gasteiger partial charge >= 0.3 is 18.0 Å². The third-order valence-corrected chi connectivity index (χ3v) is 3.73. The Kier molecular flexibility index (Phi) is 8.68. The van der Waals surface area contributed by atoms with Gasteiger partial charge < -0.3 is 19.9 Å². The highest BCUT2D eigenvalue weighted by molar-refractivity contribution is 6.34. The molecule has 0 unspecified atom stereocenters. The first kappa shape index (κ1) is 22.1. The molecule has 1 rings (SSSR count). The minimum atomic E-state index is -1.10. The van der Waals surface area contributed by atoms with Crippen molar-refractivity contribution in [1.82, 2.24) is 5.32 Å². The molecule has 0 heterocycles. The molecule has 26 heavy (non-hydrogen) atoms. The highest BCUT2D eigenvalue weighted by Crippen LogP contribution is 2.21. The molecule has 2 atom stereocenters. The van der Waals surface area contributed by atoms with E-state index in [-0.39, 0.29) is 18.9 Å². The van der Waals surface area contributed by atoms with Gasteiger partial charge in [0.25, 0.3) is 6.29 Å². The largest absolute Gasteiger partial charge is 0.481 e. The molecule has 1 amide bonds. The van der Waals surface area contributed by atoms with Gasteiger partial charge in [-0.2, -0.15) is 0 Å². The van der Waals surface area contributed by atoms with Crippen LogP contribution in [0.2, 0.25) is 10.0 Å². The van der Waals surface area contributed by atoms with Crippen molar-refractivity contribution in [3.63, 3.8) is 0 Å². The van der Waals surface area contributed by atoms with Gasteiger partial charge in [0.15, 0.2) is 0 Å². The Morgan fingerprint density at radius 1 is 1.12 bits per heavy atom. The standard InChI is InChI=1S/C17H21Cl2NO6/c1-9(2)16(25-10(3)21)26-17(24)20-8-12(15(22)23)4-11-5-13(18)7-14(19)6-11/h5-7,9,12,16H,4,8H2,1-3H3,(H,20,24)(H,22,23)/t12-,16-/m0/s1. The quantitative estimate of drug-likeness (QED) is 0.506. The van der Waals surface area contributed by atoms with Crippen molar-refractivity contribution in [2.45, 2.75) is 33.5 Å². The molecule has 0 aliphatic carbocycles. The number of aliphatic carboxylic acids is 1. The zero-order valence-corrected chi connectivity index (χ0v) is 16.1. The fourth-order valence-electron chi connectivity index (χ4n) is 2.07. The maximum atomic E-state index is 11.9. The van der Waals surface area contributed by atoms with Crippen LogP contribution in [0.5, 0.6) is 0 Å². The van der Waals surface area contributed by atoms with Crippen LogP contribution in [0, 0.1) is 11.8 Å². The number of rotatable bonds is 8. The van der Waals surface area contributed by atoms with E-state index in [1.165, 1.54) is 6.92 Å². The van der Waals surface area contributed by atoms with Crippen molar-refractivity contribution in [3.05, 3.63) is 33.8 Å². The first-order chi connectivity index (χ1) is 12.1. The monoisotopic (exact) mass is 405 g/mol. The van der Waals surface area contributed by atoms with Crippen LogP contribution in [-0.2, 0) is 25.5 Å². The number of hydrogen-bond donors (Lipinski definition) is 2. The number of amides is 1. The normalized spacial score (nSPS) is 13.0. The number of carboxylic acids is 1. The minimum Gasteiger partial charge on any atom is -0.481 e. The first-order valence-electron chi connectivity index (χ1n) is 7.88. The summed E-state index contributed by atoms with van der Waals surface area (Å²) in [6.07, 6.45) is -1.81. The van der Waals surface area contributed by atoms with Crippen LogP contribution in [0.4, 0.5) is 4.79 Å². The molecule has 0 saturated heterocycles. The number of carboxylic acid groups (broad SMARTS) is 1. The van der Waals surface area contributed by atoms with Crippen molar-refractivity contribution in [3.8, 4) is 0 Å². The summed E-state index contributed by atoms with van der Waals surface area (Å²) >= 11 is 11.8. The van der Waals surface area contributed by atoms with Crippen molar-refractivity contribution in [2.75, 3.05) is 6.54 Å². The smallest absolute Gasteiger partial charge is 0.410 e. The lowest BCUT2D eigenvalue weighted by Crippen LogP contribution is -2.38. The summed E-state index contributed by atoms with van der Waals surface area (Å²) in [6, 6.07) is 4.76. The molecule has 1 aromatic rings. The van der Waals surface area contributed by atoms with E-state index in [2.05, 4.69) is 5.32 Å². The third kappa shape index (κ3) is 7.93. The Balaban J connectivity index is 2.66. The summed E-state index contributed by atoms with van der Waals surface area (Å²) in [5.41, 5.74) is 0.630. The second-order valence-electron chi connectivity index (χ2n) is 6.03. The SMILES string of the molecule is CC(=O)O[C@@H](OC(=O)NC[C@H](Cc1cc(Cl)cc(Cl)c1)C(=O)O)C(C)C. The lowest BCUT2D eigenvalue weighted by atomic mass is 9.99. The van der Waals surface area contributed by atoms with Crippen LogP contribution in [-0.4, -0.2) is 36.0 Å². The van der Waals surface area contributed by atoms with Crippen LogP contribution >= 0.6 is 23.2 Å². The number of halogens is 2. The summed E-state index contributed by atoms with van der Waals surface area (Å²) in [5, 5.41) is 12.5. The van der Waals surface area contributed by atoms with Crippen molar-refractivity contribution < 1.29 is 29.0 Å². The molecule has 2 N–H and O–H groups in total. The Morgan fingerprint density at radius 3 is 2.15 bits per heavy atom. The fourth-order valence-corrected chi connectivity index (χ4v) is 2.64.